The second-order valence-electron chi connectivity index (χ2n) is 9.11. The molecule has 138 valence electrons. The first kappa shape index (κ1) is 21.5. The average molecular weight is 381 g/mol. The highest BCUT2D eigenvalue weighted by Gasteiger charge is 2.44. The van der Waals surface area contributed by atoms with E-state index in [2.05, 4.69) is 58.9 Å². The van der Waals surface area contributed by atoms with Crippen LogP contribution in [0.3, 0.4) is 0 Å². The van der Waals surface area contributed by atoms with Gasteiger partial charge in [0, 0.05) is 0 Å². The van der Waals surface area contributed by atoms with Crippen molar-refractivity contribution in [3.8, 4) is 0 Å². The van der Waals surface area contributed by atoms with E-state index < -0.39 is 30.9 Å². The summed E-state index contributed by atoms with van der Waals surface area (Å²) < 4.78 is 30.3. The van der Waals surface area contributed by atoms with E-state index >= 15 is 0 Å². The molecule has 1 atom stereocenters. The molecule has 0 aromatic carbocycles. The third-order valence-electron chi connectivity index (χ3n) is 2.64. The van der Waals surface area contributed by atoms with Crippen LogP contribution in [0.1, 0.15) is 6.42 Å². The van der Waals surface area contributed by atoms with E-state index in [-0.39, 0.29) is 6.10 Å². The molecule has 1 rings (SSSR count). The highest BCUT2D eigenvalue weighted by molar-refractivity contribution is 6.72. The zero-order valence-corrected chi connectivity index (χ0v) is 19.4. The molecule has 0 radical (unpaired) electrons. The van der Waals surface area contributed by atoms with Crippen molar-refractivity contribution in [3.63, 3.8) is 0 Å². The van der Waals surface area contributed by atoms with Gasteiger partial charge < -0.3 is 22.8 Å². The largest absolute Gasteiger partial charge is 0.378 e. The zero-order valence-electron chi connectivity index (χ0n) is 16.4. The smallest absolute Gasteiger partial charge is 0.256 e. The molecule has 1 heterocycles. The molecule has 1 saturated heterocycles. The van der Waals surface area contributed by atoms with Crippen LogP contribution >= 0.6 is 0 Å². The predicted octanol–water partition coefficient (Wildman–Crippen LogP) is 4.00. The molecule has 1 unspecified atom stereocenters. The summed E-state index contributed by atoms with van der Waals surface area (Å²) in [5.41, 5.74) is 0. The minimum absolute atomic E-state index is 0.276. The van der Waals surface area contributed by atoms with Crippen LogP contribution in [0.15, 0.2) is 0 Å². The molecule has 0 bridgehead atoms. The van der Waals surface area contributed by atoms with Gasteiger partial charge in [-0.2, -0.15) is 0 Å². The van der Waals surface area contributed by atoms with E-state index in [0.29, 0.717) is 19.6 Å². The molecule has 1 fully saturated rings. The second-order valence-corrected chi connectivity index (χ2v) is 22.4. The quantitative estimate of drug-likeness (QED) is 0.235. The van der Waals surface area contributed by atoms with E-state index in [4.69, 9.17) is 22.8 Å². The van der Waals surface area contributed by atoms with Gasteiger partial charge in [0.25, 0.3) is 5.97 Å². The molecular formula is C15H36O5Si3. The van der Waals surface area contributed by atoms with Crippen molar-refractivity contribution in [2.24, 2.45) is 0 Å². The van der Waals surface area contributed by atoms with E-state index in [1.807, 2.05) is 0 Å². The van der Waals surface area contributed by atoms with Crippen molar-refractivity contribution >= 4 is 25.0 Å². The van der Waals surface area contributed by atoms with Crippen LogP contribution in [0.25, 0.3) is 0 Å². The first-order valence-electron chi connectivity index (χ1n) is 8.50. The van der Waals surface area contributed by atoms with Crippen LogP contribution in [0.5, 0.6) is 0 Å². The van der Waals surface area contributed by atoms with Gasteiger partial charge in [-0.3, -0.25) is 0 Å². The third-order valence-corrected chi connectivity index (χ3v) is 5.41. The van der Waals surface area contributed by atoms with E-state index in [9.17, 15) is 0 Å². The summed E-state index contributed by atoms with van der Waals surface area (Å²) in [5, 5.41) is 0. The topological polar surface area (TPSA) is 49.5 Å². The van der Waals surface area contributed by atoms with Gasteiger partial charge in [0.2, 0.25) is 0 Å². The molecular weight excluding hydrogens is 344 g/mol. The number of epoxide rings is 1. The Morgan fingerprint density at radius 2 is 1.22 bits per heavy atom. The van der Waals surface area contributed by atoms with Crippen LogP contribution in [0, 0.1) is 0 Å². The Hall–Kier alpha value is 0.451. The van der Waals surface area contributed by atoms with Crippen LogP contribution < -0.4 is 0 Å². The lowest BCUT2D eigenvalue weighted by atomic mass is 10.4. The maximum atomic E-state index is 6.45. The molecule has 0 aromatic rings. The fourth-order valence-corrected chi connectivity index (χ4v) is 5.80. The SMILES string of the molecule is C[Si](C)(C)OC(CCOCC1CO1)(O[Si](C)(C)C)O[Si](C)(C)C. The molecule has 0 N–H and O–H groups in total. The Balaban J connectivity index is 2.84. The number of hydrogen-bond donors (Lipinski definition) is 0. The van der Waals surface area contributed by atoms with Crippen LogP contribution in [-0.2, 0) is 22.8 Å². The summed E-state index contributed by atoms with van der Waals surface area (Å²) in [7, 11) is -5.54. The van der Waals surface area contributed by atoms with Crippen molar-refractivity contribution in [3.05, 3.63) is 0 Å². The van der Waals surface area contributed by atoms with Crippen LogP contribution in [0.4, 0.5) is 0 Å². The molecule has 23 heavy (non-hydrogen) atoms. The highest BCUT2D eigenvalue weighted by atomic mass is 28.4. The van der Waals surface area contributed by atoms with Crippen LogP contribution in [-0.4, -0.2) is 56.8 Å². The van der Waals surface area contributed by atoms with E-state index in [1.54, 1.807) is 0 Å². The van der Waals surface area contributed by atoms with Gasteiger partial charge in [0.1, 0.15) is 6.10 Å². The average Bonchev–Trinajstić information content (AvgIpc) is 2.99. The lowest BCUT2D eigenvalue weighted by Crippen LogP contribution is -2.56. The number of rotatable bonds is 11. The van der Waals surface area contributed by atoms with E-state index in [1.165, 1.54) is 0 Å². The van der Waals surface area contributed by atoms with Crippen LogP contribution in [0.2, 0.25) is 58.9 Å². The van der Waals surface area contributed by atoms with Crippen molar-refractivity contribution in [2.45, 2.75) is 77.4 Å². The molecule has 5 nitrogen and oxygen atoms in total. The molecule has 8 heteroatoms. The van der Waals surface area contributed by atoms with Gasteiger partial charge in [0.15, 0.2) is 25.0 Å². The predicted molar refractivity (Wildman–Crippen MR) is 101 cm³/mol. The Labute approximate surface area is 145 Å². The Kier molecular flexibility index (Phi) is 7.27. The van der Waals surface area contributed by atoms with Gasteiger partial charge in [0.05, 0.1) is 26.2 Å². The Morgan fingerprint density at radius 1 is 0.826 bits per heavy atom. The first-order chi connectivity index (χ1) is 10.2. The fourth-order valence-electron chi connectivity index (χ4n) is 2.19. The van der Waals surface area contributed by atoms with Gasteiger partial charge in [-0.05, 0) is 58.9 Å². The Bertz CT molecular complexity index is 326. The minimum atomic E-state index is -1.85. The summed E-state index contributed by atoms with van der Waals surface area (Å²) in [6.07, 6.45) is 0.872. The summed E-state index contributed by atoms with van der Waals surface area (Å²) in [5.74, 6) is -0.968. The number of ether oxygens (including phenoxy) is 2. The van der Waals surface area contributed by atoms with Crippen molar-refractivity contribution in [1.29, 1.82) is 0 Å². The molecule has 0 aromatic heterocycles. The van der Waals surface area contributed by atoms with Gasteiger partial charge in [-0.25, -0.2) is 0 Å². The Morgan fingerprint density at radius 3 is 1.52 bits per heavy atom. The minimum Gasteiger partial charge on any atom is -0.378 e. The van der Waals surface area contributed by atoms with Gasteiger partial charge in [-0.15, -0.1) is 0 Å². The molecule has 0 saturated carbocycles. The number of hydrogen-bond acceptors (Lipinski definition) is 5. The van der Waals surface area contributed by atoms with E-state index in [0.717, 1.165) is 6.61 Å². The summed E-state index contributed by atoms with van der Waals surface area (Å²) in [4.78, 5) is 0. The lowest BCUT2D eigenvalue weighted by Gasteiger charge is -2.45. The van der Waals surface area contributed by atoms with Gasteiger partial charge >= 0.3 is 0 Å². The lowest BCUT2D eigenvalue weighted by molar-refractivity contribution is -0.278. The van der Waals surface area contributed by atoms with Crippen molar-refractivity contribution in [1.82, 2.24) is 0 Å². The molecule has 0 amide bonds. The van der Waals surface area contributed by atoms with Crippen molar-refractivity contribution in [2.75, 3.05) is 19.8 Å². The zero-order chi connectivity index (χ0) is 17.9. The summed E-state index contributed by atoms with van der Waals surface area (Å²) in [6, 6.07) is 0. The molecule has 0 aliphatic carbocycles. The third kappa shape index (κ3) is 10.8. The highest BCUT2D eigenvalue weighted by Crippen LogP contribution is 2.32. The molecule has 1 aliphatic heterocycles. The normalized spacial score (nSPS) is 20.0. The van der Waals surface area contributed by atoms with Crippen molar-refractivity contribution < 1.29 is 22.8 Å². The molecule has 1 aliphatic rings. The maximum absolute atomic E-state index is 6.45. The molecule has 0 spiro atoms. The second kappa shape index (κ2) is 7.77. The standard InChI is InChI=1S/C15H36O5Si3/c1-21(2,3)18-15(19-22(4,5)6,20-23(7,8)9)10-11-16-12-14-13-17-14/h14H,10-13H2,1-9H3. The first-order valence-corrected chi connectivity index (χ1v) is 18.7. The fraction of sp³-hybridized carbons (Fsp3) is 1.00. The van der Waals surface area contributed by atoms with Gasteiger partial charge in [-0.1, -0.05) is 0 Å². The summed E-state index contributed by atoms with van der Waals surface area (Å²) in [6.45, 7) is 21.5. The summed E-state index contributed by atoms with van der Waals surface area (Å²) >= 11 is 0. The maximum Gasteiger partial charge on any atom is 0.256 e. The monoisotopic (exact) mass is 380 g/mol.